The van der Waals surface area contributed by atoms with Gasteiger partial charge in [-0.3, -0.25) is 4.79 Å². The molecule has 1 aliphatic heterocycles. The molecule has 9 nitrogen and oxygen atoms in total. The fourth-order valence-electron chi connectivity index (χ4n) is 1.98. The smallest absolute Gasteiger partial charge is 0.370 e. The molecule has 1 heterocycles. The first-order chi connectivity index (χ1) is 10.5. The number of aliphatic hydroxyl groups excluding tert-OH is 4. The zero-order chi connectivity index (χ0) is 17.9. The maximum Gasteiger partial charge on any atom is 0.370 e. The molecule has 6 N–H and O–H groups in total. The number of carboxylic acid groups (broad SMARTS) is 1. The van der Waals surface area contributed by atoms with E-state index in [2.05, 4.69) is 5.32 Å². The number of hydrogen-bond acceptors (Lipinski definition) is 7. The highest BCUT2D eigenvalue weighted by molar-refractivity contribution is 5.85. The SMILES string of the molecule is CC(C)(C)C(=O)N[C@H]1[C@H]([C@H](O)[C@H](O)CO)OC(C(=O)O)=C[C@@H]1O. The van der Waals surface area contributed by atoms with Crippen LogP contribution in [0.2, 0.25) is 0 Å². The lowest BCUT2D eigenvalue weighted by Gasteiger charge is -2.39. The Morgan fingerprint density at radius 1 is 1.35 bits per heavy atom. The molecule has 9 heteroatoms. The van der Waals surface area contributed by atoms with Gasteiger partial charge in [0.2, 0.25) is 11.7 Å². The van der Waals surface area contributed by atoms with Gasteiger partial charge in [0.05, 0.1) is 12.6 Å². The van der Waals surface area contributed by atoms with Crippen LogP contribution in [0.1, 0.15) is 20.8 Å². The van der Waals surface area contributed by atoms with E-state index in [1.54, 1.807) is 20.8 Å². The Labute approximate surface area is 133 Å². The van der Waals surface area contributed by atoms with Gasteiger partial charge in [0, 0.05) is 5.41 Å². The van der Waals surface area contributed by atoms with Crippen molar-refractivity contribution in [2.75, 3.05) is 6.61 Å². The minimum Gasteiger partial charge on any atom is -0.478 e. The molecule has 0 spiro atoms. The van der Waals surface area contributed by atoms with E-state index < -0.39 is 60.1 Å². The summed E-state index contributed by atoms with van der Waals surface area (Å²) in [5, 5.41) is 50.0. The Balaban J connectivity index is 3.10. The molecule has 132 valence electrons. The lowest BCUT2D eigenvalue weighted by molar-refractivity contribution is -0.151. The average Bonchev–Trinajstić information content (AvgIpc) is 2.45. The predicted octanol–water partition coefficient (Wildman–Crippen LogP) is -2.04. The molecule has 1 aliphatic rings. The number of rotatable bonds is 5. The van der Waals surface area contributed by atoms with Crippen molar-refractivity contribution >= 4 is 11.9 Å². The largest absolute Gasteiger partial charge is 0.478 e. The molecule has 0 aromatic rings. The van der Waals surface area contributed by atoms with Crippen molar-refractivity contribution in [3.63, 3.8) is 0 Å². The van der Waals surface area contributed by atoms with E-state index >= 15 is 0 Å². The average molecular weight is 333 g/mol. The van der Waals surface area contributed by atoms with E-state index in [-0.39, 0.29) is 0 Å². The Hall–Kier alpha value is -1.68. The van der Waals surface area contributed by atoms with Gasteiger partial charge < -0.3 is 35.6 Å². The topological polar surface area (TPSA) is 157 Å². The maximum absolute atomic E-state index is 12.1. The zero-order valence-corrected chi connectivity index (χ0v) is 13.1. The quantitative estimate of drug-likeness (QED) is 0.336. The van der Waals surface area contributed by atoms with Crippen LogP contribution in [0.15, 0.2) is 11.8 Å². The van der Waals surface area contributed by atoms with Crippen molar-refractivity contribution in [3.8, 4) is 0 Å². The summed E-state index contributed by atoms with van der Waals surface area (Å²) in [5.41, 5.74) is -0.804. The first-order valence-corrected chi connectivity index (χ1v) is 7.06. The molecule has 23 heavy (non-hydrogen) atoms. The van der Waals surface area contributed by atoms with Crippen molar-refractivity contribution in [1.82, 2.24) is 5.32 Å². The van der Waals surface area contributed by atoms with Crippen LogP contribution in [0.25, 0.3) is 0 Å². The van der Waals surface area contributed by atoms with Gasteiger partial charge in [0.25, 0.3) is 0 Å². The number of hydrogen-bond donors (Lipinski definition) is 6. The summed E-state index contributed by atoms with van der Waals surface area (Å²) in [6.45, 7) is 4.09. The number of carbonyl (C=O) groups is 2. The second-order valence-electron chi connectivity index (χ2n) is 6.40. The van der Waals surface area contributed by atoms with Crippen LogP contribution in [-0.2, 0) is 14.3 Å². The lowest BCUT2D eigenvalue weighted by Crippen LogP contribution is -2.61. The molecule has 0 saturated carbocycles. The molecule has 0 aromatic heterocycles. The Morgan fingerprint density at radius 3 is 2.35 bits per heavy atom. The summed E-state index contributed by atoms with van der Waals surface area (Å²) < 4.78 is 5.09. The summed E-state index contributed by atoms with van der Waals surface area (Å²) in [6, 6.07) is -1.19. The Morgan fingerprint density at radius 2 is 1.91 bits per heavy atom. The molecule has 5 atom stereocenters. The zero-order valence-electron chi connectivity index (χ0n) is 13.1. The first kappa shape index (κ1) is 19.4. The van der Waals surface area contributed by atoms with Gasteiger partial charge in [-0.15, -0.1) is 0 Å². The monoisotopic (exact) mass is 333 g/mol. The van der Waals surface area contributed by atoms with Crippen LogP contribution >= 0.6 is 0 Å². The van der Waals surface area contributed by atoms with Crippen molar-refractivity contribution < 1.29 is 39.9 Å². The molecule has 0 unspecified atom stereocenters. The lowest BCUT2D eigenvalue weighted by atomic mass is 9.90. The molecular weight excluding hydrogens is 310 g/mol. The highest BCUT2D eigenvalue weighted by Gasteiger charge is 2.44. The summed E-state index contributed by atoms with van der Waals surface area (Å²) in [4.78, 5) is 23.1. The molecule has 0 bridgehead atoms. The highest BCUT2D eigenvalue weighted by atomic mass is 16.5. The number of carboxylic acids is 1. The summed E-state index contributed by atoms with van der Waals surface area (Å²) >= 11 is 0. The number of ether oxygens (including phenoxy) is 1. The van der Waals surface area contributed by atoms with Crippen LogP contribution in [0.5, 0.6) is 0 Å². The number of nitrogens with one attached hydrogen (secondary N) is 1. The van der Waals surface area contributed by atoms with Gasteiger partial charge in [-0.2, -0.15) is 0 Å². The van der Waals surface area contributed by atoms with Gasteiger partial charge in [-0.1, -0.05) is 20.8 Å². The van der Waals surface area contributed by atoms with E-state index in [1.807, 2.05) is 0 Å². The van der Waals surface area contributed by atoms with Crippen molar-refractivity contribution in [2.45, 2.75) is 51.2 Å². The van der Waals surface area contributed by atoms with Gasteiger partial charge >= 0.3 is 5.97 Å². The molecule has 0 fully saturated rings. The van der Waals surface area contributed by atoms with Crippen LogP contribution in [0.3, 0.4) is 0 Å². The van der Waals surface area contributed by atoms with Crippen LogP contribution in [0.4, 0.5) is 0 Å². The number of aliphatic hydroxyl groups is 4. The minimum atomic E-state index is -1.72. The van der Waals surface area contributed by atoms with E-state index in [0.29, 0.717) is 0 Å². The van der Waals surface area contributed by atoms with Gasteiger partial charge in [0.15, 0.2) is 6.10 Å². The normalized spacial score (nSPS) is 27.4. The Bertz CT molecular complexity index is 484. The molecule has 0 aromatic carbocycles. The standard InChI is InChI=1S/C14H23NO8/c1-14(2,3)13(22)15-9-6(17)4-8(12(20)21)23-11(9)10(19)7(18)5-16/h4,6-7,9-11,16-19H,5H2,1-3H3,(H,15,22)(H,20,21)/t6-,7+,9+,10+,11+/m0/s1. The molecule has 0 aliphatic carbocycles. The fourth-order valence-corrected chi connectivity index (χ4v) is 1.98. The second-order valence-corrected chi connectivity index (χ2v) is 6.40. The van der Waals surface area contributed by atoms with Crippen LogP contribution < -0.4 is 5.32 Å². The van der Waals surface area contributed by atoms with Crippen LogP contribution in [-0.4, -0.2) is 74.5 Å². The van der Waals surface area contributed by atoms with Gasteiger partial charge in [0.1, 0.15) is 18.3 Å². The molecular formula is C14H23NO8. The molecule has 1 amide bonds. The van der Waals surface area contributed by atoms with E-state index in [4.69, 9.17) is 14.9 Å². The third-order valence-electron chi connectivity index (χ3n) is 3.41. The predicted molar refractivity (Wildman–Crippen MR) is 77.1 cm³/mol. The molecule has 0 saturated heterocycles. The molecule has 0 radical (unpaired) electrons. The van der Waals surface area contributed by atoms with E-state index in [9.17, 15) is 24.9 Å². The van der Waals surface area contributed by atoms with Crippen molar-refractivity contribution in [3.05, 3.63) is 11.8 Å². The number of aliphatic carboxylic acids is 1. The van der Waals surface area contributed by atoms with E-state index in [1.165, 1.54) is 0 Å². The maximum atomic E-state index is 12.1. The van der Waals surface area contributed by atoms with Gasteiger partial charge in [-0.05, 0) is 6.08 Å². The third kappa shape index (κ3) is 4.64. The van der Waals surface area contributed by atoms with Crippen molar-refractivity contribution in [1.29, 1.82) is 0 Å². The van der Waals surface area contributed by atoms with Crippen molar-refractivity contribution in [2.24, 2.45) is 5.41 Å². The Kier molecular flexibility index (Phi) is 6.11. The summed E-state index contributed by atoms with van der Waals surface area (Å²) in [7, 11) is 0. The second kappa shape index (κ2) is 7.26. The minimum absolute atomic E-state index is 0.465. The fraction of sp³-hybridized carbons (Fsp3) is 0.714. The number of carbonyl (C=O) groups excluding carboxylic acids is 1. The van der Waals surface area contributed by atoms with E-state index in [0.717, 1.165) is 6.08 Å². The summed E-state index contributed by atoms with van der Waals surface area (Å²) in [6.07, 6.45) is -5.36. The molecule has 1 rings (SSSR count). The van der Waals surface area contributed by atoms with Gasteiger partial charge in [-0.25, -0.2) is 4.79 Å². The highest BCUT2D eigenvalue weighted by Crippen LogP contribution is 2.24. The number of amides is 1. The third-order valence-corrected chi connectivity index (χ3v) is 3.41. The summed E-state index contributed by atoms with van der Waals surface area (Å²) in [5.74, 6) is -2.55. The first-order valence-electron chi connectivity index (χ1n) is 7.06. The van der Waals surface area contributed by atoms with Crippen LogP contribution in [0, 0.1) is 5.41 Å².